The maximum atomic E-state index is 12.4. The molecule has 1 fully saturated rings. The number of aliphatic carboxylic acids is 1. The molecule has 0 aromatic carbocycles. The summed E-state index contributed by atoms with van der Waals surface area (Å²) in [5.41, 5.74) is 0.406. The maximum Gasteiger partial charge on any atom is 0.352 e. The second kappa shape index (κ2) is 7.30. The summed E-state index contributed by atoms with van der Waals surface area (Å²) in [5.74, 6) is -1.62. The fourth-order valence-electron chi connectivity index (χ4n) is 2.69. The molecule has 0 radical (unpaired) electrons. The van der Waals surface area contributed by atoms with Gasteiger partial charge in [-0.15, -0.1) is 23.1 Å². The Labute approximate surface area is 156 Å². The Kier molecular flexibility index (Phi) is 5.09. The van der Waals surface area contributed by atoms with E-state index in [0.29, 0.717) is 27.7 Å². The summed E-state index contributed by atoms with van der Waals surface area (Å²) >= 11 is 2.54. The number of carbonyl (C=O) groups excluding carboxylic acids is 3. The monoisotopic (exact) mass is 394 g/mol. The molecule has 3 heterocycles. The molecule has 11 heteroatoms. The molecule has 0 bridgehead atoms. The lowest BCUT2D eigenvalue weighted by Crippen LogP contribution is -2.70. The number of rotatable bonds is 7. The van der Waals surface area contributed by atoms with Crippen molar-refractivity contribution in [2.24, 2.45) is 0 Å². The molecule has 2 aliphatic heterocycles. The molecule has 1 aromatic heterocycles. The predicted octanol–water partition coefficient (Wildman–Crippen LogP) is 0.178. The van der Waals surface area contributed by atoms with Crippen LogP contribution in [0.25, 0.3) is 0 Å². The molecule has 3 rings (SSSR count). The highest BCUT2D eigenvalue weighted by molar-refractivity contribution is 8.00. The van der Waals surface area contributed by atoms with Crippen molar-refractivity contribution in [2.45, 2.75) is 17.8 Å². The van der Waals surface area contributed by atoms with Gasteiger partial charge in [-0.05, 0) is 5.57 Å². The van der Waals surface area contributed by atoms with Gasteiger partial charge < -0.3 is 15.7 Å². The molecule has 136 valence electrons. The number of β-lactam (4-membered cyclic amide) rings is 1. The Balaban J connectivity index is 1.65. The Morgan fingerprint density at radius 2 is 2.27 bits per heavy atom. The van der Waals surface area contributed by atoms with Gasteiger partial charge in [0.15, 0.2) is 5.13 Å². The zero-order chi connectivity index (χ0) is 18.8. The standard InChI is InChI=1S/C15H14N4O5S2/c1-2-7-5-25-13-10(12(22)19(13)11(7)14(23)24)18-9(21)3-8-4-16-15(26-8)17-6-20/h2,4,6,10,13H,1,3,5H2,(H,18,21)(H,23,24)(H,16,17,20)/t10?,13-/m1/s1. The van der Waals surface area contributed by atoms with Gasteiger partial charge >= 0.3 is 5.97 Å². The average molecular weight is 394 g/mol. The highest BCUT2D eigenvalue weighted by Gasteiger charge is 2.53. The number of carboxylic acid groups (broad SMARTS) is 1. The lowest BCUT2D eigenvalue weighted by atomic mass is 10.0. The van der Waals surface area contributed by atoms with Crippen molar-refractivity contribution >= 4 is 52.4 Å². The minimum atomic E-state index is -1.19. The van der Waals surface area contributed by atoms with Gasteiger partial charge in [-0.2, -0.15) is 0 Å². The van der Waals surface area contributed by atoms with Crippen molar-refractivity contribution in [1.82, 2.24) is 15.2 Å². The number of anilines is 1. The van der Waals surface area contributed by atoms with Crippen LogP contribution in [-0.2, 0) is 25.6 Å². The van der Waals surface area contributed by atoms with Gasteiger partial charge in [-0.1, -0.05) is 12.7 Å². The summed E-state index contributed by atoms with van der Waals surface area (Å²) in [6.07, 6.45) is 3.41. The van der Waals surface area contributed by atoms with E-state index in [1.165, 1.54) is 28.9 Å². The predicted molar refractivity (Wildman–Crippen MR) is 95.4 cm³/mol. The third-order valence-electron chi connectivity index (χ3n) is 3.83. The quantitative estimate of drug-likeness (QED) is 0.444. The van der Waals surface area contributed by atoms with E-state index < -0.39 is 23.3 Å². The first kappa shape index (κ1) is 18.1. The molecule has 1 aromatic rings. The van der Waals surface area contributed by atoms with Crippen molar-refractivity contribution in [3.8, 4) is 0 Å². The van der Waals surface area contributed by atoms with Crippen molar-refractivity contribution < 1.29 is 24.3 Å². The van der Waals surface area contributed by atoms with Crippen LogP contribution in [0.15, 0.2) is 30.1 Å². The second-order valence-corrected chi connectivity index (χ2v) is 7.63. The van der Waals surface area contributed by atoms with Gasteiger partial charge in [-0.25, -0.2) is 9.78 Å². The number of fused-ring (bicyclic) bond motifs is 1. The molecule has 26 heavy (non-hydrogen) atoms. The molecule has 3 N–H and O–H groups in total. The van der Waals surface area contributed by atoms with Crippen molar-refractivity contribution in [3.05, 3.63) is 35.0 Å². The van der Waals surface area contributed by atoms with Gasteiger partial charge in [0.1, 0.15) is 17.1 Å². The topological polar surface area (TPSA) is 129 Å². The Hall–Kier alpha value is -2.66. The number of thiazole rings is 1. The summed E-state index contributed by atoms with van der Waals surface area (Å²) in [4.78, 5) is 52.1. The minimum Gasteiger partial charge on any atom is -0.477 e. The van der Waals surface area contributed by atoms with Crippen molar-refractivity contribution in [1.29, 1.82) is 0 Å². The van der Waals surface area contributed by atoms with Gasteiger partial charge in [0, 0.05) is 16.8 Å². The van der Waals surface area contributed by atoms with Gasteiger partial charge in [0.25, 0.3) is 5.91 Å². The van der Waals surface area contributed by atoms with Crippen molar-refractivity contribution in [3.63, 3.8) is 0 Å². The number of allylic oxidation sites excluding steroid dienone is 1. The van der Waals surface area contributed by atoms with Gasteiger partial charge in [0.05, 0.1) is 6.42 Å². The van der Waals surface area contributed by atoms with E-state index >= 15 is 0 Å². The van der Waals surface area contributed by atoms with E-state index in [2.05, 4.69) is 22.2 Å². The number of nitrogens with zero attached hydrogens (tertiary/aromatic N) is 2. The first-order valence-electron chi connectivity index (χ1n) is 7.44. The first-order chi connectivity index (χ1) is 12.5. The number of nitrogens with one attached hydrogen (secondary N) is 2. The first-order valence-corrected chi connectivity index (χ1v) is 9.30. The molecule has 0 saturated carbocycles. The largest absolute Gasteiger partial charge is 0.477 e. The van der Waals surface area contributed by atoms with E-state index in [1.54, 1.807) is 0 Å². The van der Waals surface area contributed by atoms with Crippen LogP contribution in [0.4, 0.5) is 5.13 Å². The van der Waals surface area contributed by atoms with Crippen LogP contribution in [0.3, 0.4) is 0 Å². The highest BCUT2D eigenvalue weighted by atomic mass is 32.2. The molecule has 1 saturated heterocycles. The summed E-state index contributed by atoms with van der Waals surface area (Å²) < 4.78 is 0. The van der Waals surface area contributed by atoms with Crippen LogP contribution in [0.5, 0.6) is 0 Å². The average Bonchev–Trinajstić information content (AvgIpc) is 3.05. The van der Waals surface area contributed by atoms with Crippen molar-refractivity contribution in [2.75, 3.05) is 11.1 Å². The normalized spacial score (nSPS) is 21.5. The number of carbonyl (C=O) groups is 4. The van der Waals surface area contributed by atoms with Gasteiger partial charge in [0.2, 0.25) is 12.3 Å². The van der Waals surface area contributed by atoms with E-state index in [-0.39, 0.29) is 18.0 Å². The molecular formula is C15H14N4O5S2. The molecule has 3 amide bonds. The maximum absolute atomic E-state index is 12.4. The number of aromatic nitrogens is 1. The van der Waals surface area contributed by atoms with E-state index in [0.717, 1.165) is 11.3 Å². The number of hydrogen-bond donors (Lipinski definition) is 3. The molecule has 0 spiro atoms. The number of amides is 3. The Morgan fingerprint density at radius 1 is 1.50 bits per heavy atom. The fraction of sp³-hybridized carbons (Fsp3) is 0.267. The summed E-state index contributed by atoms with van der Waals surface area (Å²) in [5, 5.41) is 14.3. The van der Waals surface area contributed by atoms with E-state index in [1.807, 2.05) is 0 Å². The summed E-state index contributed by atoms with van der Waals surface area (Å²) in [7, 11) is 0. The number of carboxylic acids is 1. The smallest absolute Gasteiger partial charge is 0.352 e. The fourth-order valence-corrected chi connectivity index (χ4v) is 4.80. The number of hydrogen-bond acceptors (Lipinski definition) is 7. The lowest BCUT2D eigenvalue weighted by molar-refractivity contribution is -0.150. The Bertz CT molecular complexity index is 834. The SMILES string of the molecule is C=CC1=C(C(=O)O)N2C(=O)C(NC(=O)Cc3cnc(NC=O)s3)[C@H]2SC1. The number of thioether (sulfide) groups is 1. The molecule has 2 aliphatic rings. The van der Waals surface area contributed by atoms with Crippen LogP contribution < -0.4 is 10.6 Å². The Morgan fingerprint density at radius 3 is 2.92 bits per heavy atom. The third-order valence-corrected chi connectivity index (χ3v) is 6.06. The highest BCUT2D eigenvalue weighted by Crippen LogP contribution is 2.40. The van der Waals surface area contributed by atoms with E-state index in [9.17, 15) is 24.3 Å². The van der Waals surface area contributed by atoms with Crippen LogP contribution in [0, 0.1) is 0 Å². The van der Waals surface area contributed by atoms with E-state index in [4.69, 9.17) is 0 Å². The van der Waals surface area contributed by atoms with Gasteiger partial charge in [-0.3, -0.25) is 19.3 Å². The summed E-state index contributed by atoms with van der Waals surface area (Å²) in [6, 6.07) is -0.770. The second-order valence-electron chi connectivity index (χ2n) is 5.41. The molecule has 0 aliphatic carbocycles. The van der Waals surface area contributed by atoms with Crippen LogP contribution in [0.2, 0.25) is 0 Å². The zero-order valence-electron chi connectivity index (χ0n) is 13.3. The van der Waals surface area contributed by atoms with Crippen LogP contribution in [0.1, 0.15) is 4.88 Å². The molecule has 1 unspecified atom stereocenters. The molecule has 9 nitrogen and oxygen atoms in total. The third kappa shape index (κ3) is 3.22. The summed E-state index contributed by atoms with van der Waals surface area (Å²) in [6.45, 7) is 3.58. The molecule has 2 atom stereocenters. The zero-order valence-corrected chi connectivity index (χ0v) is 14.9. The van der Waals surface area contributed by atoms with Crippen LogP contribution >= 0.6 is 23.1 Å². The van der Waals surface area contributed by atoms with Crippen LogP contribution in [-0.4, -0.2) is 56.4 Å². The molecular weight excluding hydrogens is 380 g/mol. The lowest BCUT2D eigenvalue weighted by Gasteiger charge is -2.49. The minimum absolute atomic E-state index is 0.0128.